The molecule has 0 unspecified atom stereocenters. The molecular weight excluding hydrogens is 396 g/mol. The number of aryl methyl sites for hydroxylation is 3. The summed E-state index contributed by atoms with van der Waals surface area (Å²) in [7, 11) is -3.49. The lowest BCUT2D eigenvalue weighted by Crippen LogP contribution is -2.32. The molecule has 1 amide bonds. The van der Waals surface area contributed by atoms with Gasteiger partial charge in [-0.3, -0.25) is 9.10 Å². The van der Waals surface area contributed by atoms with Crippen LogP contribution in [0, 0.1) is 27.7 Å². The van der Waals surface area contributed by atoms with E-state index in [0.29, 0.717) is 22.7 Å². The van der Waals surface area contributed by atoms with Crippen molar-refractivity contribution in [1.82, 2.24) is 0 Å². The second-order valence-corrected chi connectivity index (χ2v) is 9.46. The maximum Gasteiger partial charge on any atom is 0.232 e. The van der Waals surface area contributed by atoms with Crippen LogP contribution in [0.2, 0.25) is 5.02 Å². The Bertz CT molecular complexity index is 964. The minimum absolute atomic E-state index is 0.133. The number of hydrogen-bond donors (Lipinski definition) is 1. The summed E-state index contributed by atoms with van der Waals surface area (Å²) in [6.45, 7) is 7.93. The van der Waals surface area contributed by atoms with Gasteiger partial charge in [0.05, 0.1) is 11.9 Å². The van der Waals surface area contributed by atoms with E-state index in [9.17, 15) is 13.2 Å². The van der Waals surface area contributed by atoms with E-state index in [0.717, 1.165) is 28.6 Å². The van der Waals surface area contributed by atoms with Gasteiger partial charge >= 0.3 is 0 Å². The van der Waals surface area contributed by atoms with E-state index in [1.807, 2.05) is 32.9 Å². The molecule has 0 fully saturated rings. The summed E-state index contributed by atoms with van der Waals surface area (Å²) in [5.74, 6) is -0.133. The van der Waals surface area contributed by atoms with Crippen LogP contribution in [0.25, 0.3) is 0 Å². The van der Waals surface area contributed by atoms with Crippen LogP contribution in [0.15, 0.2) is 30.3 Å². The lowest BCUT2D eigenvalue weighted by atomic mass is 10.0. The Morgan fingerprint density at radius 2 is 1.71 bits per heavy atom. The summed E-state index contributed by atoms with van der Waals surface area (Å²) in [4.78, 5) is 12.4. The highest BCUT2D eigenvalue weighted by Gasteiger charge is 2.20. The molecule has 5 nitrogen and oxygen atoms in total. The van der Waals surface area contributed by atoms with Crippen LogP contribution in [0.5, 0.6) is 0 Å². The van der Waals surface area contributed by atoms with E-state index >= 15 is 0 Å². The molecule has 0 aliphatic rings. The molecule has 7 heteroatoms. The Morgan fingerprint density at radius 1 is 1.11 bits per heavy atom. The minimum Gasteiger partial charge on any atom is -0.326 e. The maximum absolute atomic E-state index is 12.4. The summed E-state index contributed by atoms with van der Waals surface area (Å²) in [5.41, 5.74) is 5.23. The normalized spacial score (nSPS) is 11.4. The van der Waals surface area contributed by atoms with Crippen molar-refractivity contribution in [3.05, 3.63) is 57.6 Å². The quantitative estimate of drug-likeness (QED) is 0.699. The van der Waals surface area contributed by atoms with Gasteiger partial charge in [0, 0.05) is 23.7 Å². The van der Waals surface area contributed by atoms with Crippen molar-refractivity contribution in [1.29, 1.82) is 0 Å². The SMILES string of the molecule is Cc1cc(C)c(NC(=O)CCCN(c2cccc(Cl)c2C)S(C)(=O)=O)c(C)c1. The topological polar surface area (TPSA) is 66.5 Å². The Balaban J connectivity index is 2.07. The first-order chi connectivity index (χ1) is 13.0. The largest absolute Gasteiger partial charge is 0.326 e. The van der Waals surface area contributed by atoms with Gasteiger partial charge in [0.1, 0.15) is 0 Å². The molecule has 0 aromatic heterocycles. The molecule has 2 aromatic rings. The molecule has 152 valence electrons. The van der Waals surface area contributed by atoms with Crippen LogP contribution in [0.4, 0.5) is 11.4 Å². The van der Waals surface area contributed by atoms with Crippen molar-refractivity contribution in [3.8, 4) is 0 Å². The van der Waals surface area contributed by atoms with Crippen molar-refractivity contribution in [2.24, 2.45) is 0 Å². The lowest BCUT2D eigenvalue weighted by molar-refractivity contribution is -0.116. The van der Waals surface area contributed by atoms with E-state index in [4.69, 9.17) is 11.6 Å². The van der Waals surface area contributed by atoms with Crippen molar-refractivity contribution < 1.29 is 13.2 Å². The second kappa shape index (κ2) is 8.97. The maximum atomic E-state index is 12.4. The summed E-state index contributed by atoms with van der Waals surface area (Å²) in [6, 6.07) is 9.21. The molecule has 0 aliphatic heterocycles. The summed E-state index contributed by atoms with van der Waals surface area (Å²) in [5, 5.41) is 3.46. The number of nitrogens with one attached hydrogen (secondary N) is 1. The van der Waals surface area contributed by atoms with Crippen LogP contribution in [-0.4, -0.2) is 27.1 Å². The molecule has 0 bridgehead atoms. The number of nitrogens with zero attached hydrogens (tertiary/aromatic N) is 1. The number of anilines is 2. The van der Waals surface area contributed by atoms with Gasteiger partial charge in [0.15, 0.2) is 0 Å². The standard InChI is InChI=1S/C21H27ClN2O3S/c1-14-12-15(2)21(16(3)13-14)23-20(25)10-7-11-24(28(5,26)27)19-9-6-8-18(22)17(19)4/h6,8-9,12-13H,7,10-11H2,1-5H3,(H,23,25). The minimum atomic E-state index is -3.49. The predicted molar refractivity (Wildman–Crippen MR) is 117 cm³/mol. The fourth-order valence-electron chi connectivity index (χ4n) is 3.29. The monoisotopic (exact) mass is 422 g/mol. The first-order valence-electron chi connectivity index (χ1n) is 9.11. The molecule has 0 atom stereocenters. The highest BCUT2D eigenvalue weighted by atomic mass is 35.5. The Morgan fingerprint density at radius 3 is 2.29 bits per heavy atom. The van der Waals surface area contributed by atoms with E-state index in [2.05, 4.69) is 5.32 Å². The van der Waals surface area contributed by atoms with Crippen LogP contribution in [0.3, 0.4) is 0 Å². The molecule has 0 heterocycles. The van der Waals surface area contributed by atoms with E-state index in [1.54, 1.807) is 25.1 Å². The molecule has 2 aromatic carbocycles. The number of carbonyl (C=O) groups excluding carboxylic acids is 1. The lowest BCUT2D eigenvalue weighted by Gasteiger charge is -2.24. The Labute approximate surface area is 172 Å². The van der Waals surface area contributed by atoms with Gasteiger partial charge in [-0.25, -0.2) is 8.42 Å². The van der Waals surface area contributed by atoms with Crippen LogP contribution >= 0.6 is 11.6 Å². The van der Waals surface area contributed by atoms with Gasteiger partial charge in [-0.15, -0.1) is 0 Å². The molecule has 1 N–H and O–H groups in total. The second-order valence-electron chi connectivity index (χ2n) is 7.14. The zero-order valence-electron chi connectivity index (χ0n) is 17.0. The van der Waals surface area contributed by atoms with Crippen LogP contribution in [-0.2, 0) is 14.8 Å². The predicted octanol–water partition coefficient (Wildman–Crippen LogP) is 4.76. The number of benzene rings is 2. The van der Waals surface area contributed by atoms with Crippen molar-refractivity contribution in [2.75, 3.05) is 22.4 Å². The molecule has 0 saturated heterocycles. The number of rotatable bonds is 7. The third-order valence-corrected chi connectivity index (χ3v) is 6.20. The van der Waals surface area contributed by atoms with Crippen molar-refractivity contribution >= 4 is 38.9 Å². The highest BCUT2D eigenvalue weighted by molar-refractivity contribution is 7.92. The first-order valence-corrected chi connectivity index (χ1v) is 11.3. The number of amides is 1. The molecule has 0 saturated carbocycles. The number of hydrogen-bond acceptors (Lipinski definition) is 3. The van der Waals surface area contributed by atoms with E-state index < -0.39 is 10.0 Å². The van der Waals surface area contributed by atoms with Gasteiger partial charge in [-0.05, 0) is 62.9 Å². The Hall–Kier alpha value is -2.05. The van der Waals surface area contributed by atoms with Gasteiger partial charge in [-0.2, -0.15) is 0 Å². The summed E-state index contributed by atoms with van der Waals surface area (Å²) in [6.07, 6.45) is 1.78. The van der Waals surface area contributed by atoms with Gasteiger partial charge in [0.2, 0.25) is 15.9 Å². The zero-order valence-corrected chi connectivity index (χ0v) is 18.5. The van der Waals surface area contributed by atoms with Crippen LogP contribution in [0.1, 0.15) is 35.1 Å². The zero-order chi connectivity index (χ0) is 21.1. The summed E-state index contributed by atoms with van der Waals surface area (Å²) < 4.78 is 25.8. The third-order valence-electron chi connectivity index (χ3n) is 4.61. The van der Waals surface area contributed by atoms with Gasteiger partial charge < -0.3 is 5.32 Å². The highest BCUT2D eigenvalue weighted by Crippen LogP contribution is 2.28. The van der Waals surface area contributed by atoms with Gasteiger partial charge in [-0.1, -0.05) is 35.4 Å². The molecule has 0 radical (unpaired) electrons. The van der Waals surface area contributed by atoms with Crippen LogP contribution < -0.4 is 9.62 Å². The van der Waals surface area contributed by atoms with E-state index in [-0.39, 0.29) is 18.9 Å². The van der Waals surface area contributed by atoms with Gasteiger partial charge in [0.25, 0.3) is 0 Å². The smallest absolute Gasteiger partial charge is 0.232 e. The molecule has 0 spiro atoms. The number of halogens is 1. The summed E-state index contributed by atoms with van der Waals surface area (Å²) >= 11 is 6.14. The molecular formula is C21H27ClN2O3S. The van der Waals surface area contributed by atoms with Crippen molar-refractivity contribution in [2.45, 2.75) is 40.5 Å². The Kier molecular flexibility index (Phi) is 7.12. The molecule has 2 rings (SSSR count). The average Bonchev–Trinajstić information content (AvgIpc) is 2.57. The molecule has 0 aliphatic carbocycles. The number of carbonyl (C=O) groups is 1. The van der Waals surface area contributed by atoms with Crippen molar-refractivity contribution in [3.63, 3.8) is 0 Å². The first kappa shape index (κ1) is 22.2. The number of sulfonamides is 1. The van der Waals surface area contributed by atoms with E-state index in [1.165, 1.54) is 4.31 Å². The average molecular weight is 423 g/mol. The third kappa shape index (κ3) is 5.49. The molecule has 28 heavy (non-hydrogen) atoms. The fraction of sp³-hybridized carbons (Fsp3) is 0.381. The fourth-order valence-corrected chi connectivity index (χ4v) is 4.48.